The van der Waals surface area contributed by atoms with Crippen molar-refractivity contribution >= 4 is 23.1 Å². The highest BCUT2D eigenvalue weighted by Crippen LogP contribution is 2.36. The lowest BCUT2D eigenvalue weighted by Gasteiger charge is -2.16. The van der Waals surface area contributed by atoms with Crippen molar-refractivity contribution < 1.29 is 22.6 Å². The van der Waals surface area contributed by atoms with E-state index in [4.69, 9.17) is 9.47 Å². The molecule has 0 radical (unpaired) electrons. The monoisotopic (exact) mass is 486 g/mol. The van der Waals surface area contributed by atoms with Gasteiger partial charge in [0.2, 0.25) is 5.95 Å². The molecule has 6 nitrogen and oxygen atoms in total. The SMILES string of the molecule is CC(C)COc1ccc(Nc2ncc(C(F)(F)F)c(Nc3ccc(OC4CCCC4)cc3)n2)cc1. The Bertz CT molecular complexity index is 1100. The maximum Gasteiger partial charge on any atom is 0.421 e. The molecule has 1 heterocycles. The third kappa shape index (κ3) is 7.00. The third-order valence-corrected chi connectivity index (χ3v) is 5.51. The van der Waals surface area contributed by atoms with Crippen LogP contribution in [0, 0.1) is 5.92 Å². The summed E-state index contributed by atoms with van der Waals surface area (Å²) in [5.74, 6) is 1.51. The second kappa shape index (κ2) is 10.8. The van der Waals surface area contributed by atoms with Crippen molar-refractivity contribution in [2.45, 2.75) is 51.8 Å². The van der Waals surface area contributed by atoms with Gasteiger partial charge in [0.15, 0.2) is 0 Å². The predicted molar refractivity (Wildman–Crippen MR) is 130 cm³/mol. The first kappa shape index (κ1) is 24.6. The number of aromatic nitrogens is 2. The molecule has 9 heteroatoms. The maximum atomic E-state index is 13.6. The minimum atomic E-state index is -4.61. The summed E-state index contributed by atoms with van der Waals surface area (Å²) in [7, 11) is 0. The van der Waals surface area contributed by atoms with Crippen LogP contribution in [0.4, 0.5) is 36.3 Å². The summed E-state index contributed by atoms with van der Waals surface area (Å²) in [6.45, 7) is 4.71. The Hall–Kier alpha value is -3.49. The zero-order valence-electron chi connectivity index (χ0n) is 19.7. The molecule has 0 aliphatic heterocycles. The number of hydrogen-bond donors (Lipinski definition) is 2. The maximum absolute atomic E-state index is 13.6. The van der Waals surface area contributed by atoms with E-state index in [1.165, 1.54) is 0 Å². The molecule has 1 saturated carbocycles. The van der Waals surface area contributed by atoms with Crippen LogP contribution in [-0.2, 0) is 6.18 Å². The Balaban J connectivity index is 1.48. The van der Waals surface area contributed by atoms with Gasteiger partial charge in [-0.05, 0) is 80.1 Å². The molecule has 0 atom stereocenters. The van der Waals surface area contributed by atoms with Gasteiger partial charge in [0.25, 0.3) is 0 Å². The molecule has 1 aliphatic rings. The first-order valence-electron chi connectivity index (χ1n) is 11.7. The molecular weight excluding hydrogens is 457 g/mol. The number of hydrogen-bond acceptors (Lipinski definition) is 6. The van der Waals surface area contributed by atoms with Crippen molar-refractivity contribution in [3.63, 3.8) is 0 Å². The zero-order chi connectivity index (χ0) is 24.8. The molecule has 0 unspecified atom stereocenters. The van der Waals surface area contributed by atoms with Gasteiger partial charge in [-0.25, -0.2) is 4.98 Å². The van der Waals surface area contributed by atoms with E-state index in [-0.39, 0.29) is 17.9 Å². The van der Waals surface area contributed by atoms with E-state index >= 15 is 0 Å². The average molecular weight is 487 g/mol. The molecule has 0 spiro atoms. The highest BCUT2D eigenvalue weighted by Gasteiger charge is 2.35. The van der Waals surface area contributed by atoms with Crippen LogP contribution in [0.5, 0.6) is 11.5 Å². The van der Waals surface area contributed by atoms with E-state index in [0.29, 0.717) is 35.4 Å². The second-order valence-electron chi connectivity index (χ2n) is 8.98. The second-order valence-corrected chi connectivity index (χ2v) is 8.98. The standard InChI is InChI=1S/C26H29F3N4O2/c1-17(2)16-34-20-11-7-19(8-12-20)32-25-30-15-23(26(27,28)29)24(33-25)31-18-9-13-22(14-10-18)35-21-5-3-4-6-21/h7-15,17,21H,3-6,16H2,1-2H3,(H2,30,31,32,33). The minimum Gasteiger partial charge on any atom is -0.493 e. The highest BCUT2D eigenvalue weighted by atomic mass is 19.4. The molecular formula is C26H29F3N4O2. The van der Waals surface area contributed by atoms with Gasteiger partial charge in [-0.3, -0.25) is 0 Å². The fraction of sp³-hybridized carbons (Fsp3) is 0.385. The Morgan fingerprint density at radius 1 is 0.914 bits per heavy atom. The summed E-state index contributed by atoms with van der Waals surface area (Å²) in [5.41, 5.74) is 0.137. The molecule has 2 N–H and O–H groups in total. The fourth-order valence-corrected chi connectivity index (χ4v) is 3.72. The molecule has 4 rings (SSSR count). The number of benzene rings is 2. The topological polar surface area (TPSA) is 68.3 Å². The van der Waals surface area contributed by atoms with Gasteiger partial charge in [0, 0.05) is 17.6 Å². The number of anilines is 4. The van der Waals surface area contributed by atoms with Crippen LogP contribution in [0.15, 0.2) is 54.7 Å². The molecule has 1 fully saturated rings. The Morgan fingerprint density at radius 2 is 1.51 bits per heavy atom. The van der Waals surface area contributed by atoms with Crippen molar-refractivity contribution in [1.29, 1.82) is 0 Å². The summed E-state index contributed by atoms with van der Waals surface area (Å²) in [6.07, 6.45) is 0.738. The molecule has 0 amide bonds. The van der Waals surface area contributed by atoms with Crippen molar-refractivity contribution in [1.82, 2.24) is 9.97 Å². The van der Waals surface area contributed by atoms with Gasteiger partial charge in [-0.2, -0.15) is 18.2 Å². The molecule has 1 aliphatic carbocycles. The first-order valence-corrected chi connectivity index (χ1v) is 11.7. The molecule has 2 aromatic carbocycles. The van der Waals surface area contributed by atoms with Crippen LogP contribution in [0.3, 0.4) is 0 Å². The predicted octanol–water partition coefficient (Wildman–Crippen LogP) is 7.34. The Kier molecular flexibility index (Phi) is 7.63. The van der Waals surface area contributed by atoms with Crippen molar-refractivity contribution in [2.75, 3.05) is 17.2 Å². The molecule has 0 bridgehead atoms. The van der Waals surface area contributed by atoms with Gasteiger partial charge in [0.1, 0.15) is 22.9 Å². The lowest BCUT2D eigenvalue weighted by Crippen LogP contribution is -2.13. The Labute approximate surface area is 202 Å². The summed E-state index contributed by atoms with van der Waals surface area (Å²) < 4.78 is 52.4. The van der Waals surface area contributed by atoms with E-state index in [2.05, 4.69) is 34.4 Å². The van der Waals surface area contributed by atoms with Gasteiger partial charge >= 0.3 is 6.18 Å². The third-order valence-electron chi connectivity index (χ3n) is 5.51. The van der Waals surface area contributed by atoms with Crippen LogP contribution in [0.2, 0.25) is 0 Å². The summed E-state index contributed by atoms with van der Waals surface area (Å²) >= 11 is 0. The summed E-state index contributed by atoms with van der Waals surface area (Å²) in [6, 6.07) is 13.9. The van der Waals surface area contributed by atoms with Crippen LogP contribution in [0.25, 0.3) is 0 Å². The smallest absolute Gasteiger partial charge is 0.421 e. The molecule has 1 aromatic heterocycles. The quantitative estimate of drug-likeness (QED) is 0.330. The van der Waals surface area contributed by atoms with Crippen LogP contribution in [0.1, 0.15) is 45.1 Å². The number of nitrogens with one attached hydrogen (secondary N) is 2. The van der Waals surface area contributed by atoms with Gasteiger partial charge < -0.3 is 20.1 Å². The van der Waals surface area contributed by atoms with Crippen LogP contribution >= 0.6 is 0 Å². The largest absolute Gasteiger partial charge is 0.493 e. The van der Waals surface area contributed by atoms with Crippen LogP contribution in [-0.4, -0.2) is 22.7 Å². The van der Waals surface area contributed by atoms with E-state index in [9.17, 15) is 13.2 Å². The number of halogens is 3. The number of rotatable bonds is 9. The molecule has 3 aromatic rings. The zero-order valence-corrected chi connectivity index (χ0v) is 19.7. The number of alkyl halides is 3. The summed E-state index contributed by atoms with van der Waals surface area (Å²) in [5, 5.41) is 5.72. The molecule has 186 valence electrons. The van der Waals surface area contributed by atoms with Gasteiger partial charge in [-0.15, -0.1) is 0 Å². The lowest BCUT2D eigenvalue weighted by molar-refractivity contribution is -0.137. The number of nitrogens with zero attached hydrogens (tertiary/aromatic N) is 2. The first-order chi connectivity index (χ1) is 16.8. The van der Waals surface area contributed by atoms with Crippen molar-refractivity contribution in [3.8, 4) is 11.5 Å². The fourth-order valence-electron chi connectivity index (χ4n) is 3.72. The van der Waals surface area contributed by atoms with Crippen molar-refractivity contribution in [2.24, 2.45) is 5.92 Å². The Morgan fingerprint density at radius 3 is 2.11 bits per heavy atom. The van der Waals surface area contributed by atoms with E-state index < -0.39 is 11.7 Å². The van der Waals surface area contributed by atoms with E-state index in [0.717, 1.165) is 31.9 Å². The molecule has 35 heavy (non-hydrogen) atoms. The lowest BCUT2D eigenvalue weighted by atomic mass is 10.2. The summed E-state index contributed by atoms with van der Waals surface area (Å²) in [4.78, 5) is 7.96. The van der Waals surface area contributed by atoms with Gasteiger partial charge in [-0.1, -0.05) is 13.8 Å². The van der Waals surface area contributed by atoms with Gasteiger partial charge in [0.05, 0.1) is 12.7 Å². The average Bonchev–Trinajstić information content (AvgIpc) is 3.32. The van der Waals surface area contributed by atoms with E-state index in [1.54, 1.807) is 48.5 Å². The normalized spacial score (nSPS) is 14.2. The number of ether oxygens (including phenoxy) is 2. The highest BCUT2D eigenvalue weighted by molar-refractivity contribution is 5.63. The minimum absolute atomic E-state index is 0.0394. The van der Waals surface area contributed by atoms with E-state index in [1.807, 2.05) is 0 Å². The van der Waals surface area contributed by atoms with Crippen molar-refractivity contribution in [3.05, 3.63) is 60.3 Å². The molecule has 0 saturated heterocycles. The van der Waals surface area contributed by atoms with Crippen LogP contribution < -0.4 is 20.1 Å².